The zero-order valence-corrected chi connectivity index (χ0v) is 19.0. The summed E-state index contributed by atoms with van der Waals surface area (Å²) in [5.41, 5.74) is 4.81. The Balaban J connectivity index is 1.41. The van der Waals surface area contributed by atoms with Crippen molar-refractivity contribution < 1.29 is 4.79 Å². The second kappa shape index (κ2) is 8.87. The number of nitrogens with zero attached hydrogens (tertiary/aromatic N) is 2. The van der Waals surface area contributed by atoms with Crippen LogP contribution in [0.25, 0.3) is 0 Å². The molecule has 0 bridgehead atoms. The highest BCUT2D eigenvalue weighted by Gasteiger charge is 2.41. The third-order valence-electron chi connectivity index (χ3n) is 6.81. The van der Waals surface area contributed by atoms with E-state index in [1.54, 1.807) is 0 Å². The maximum absolute atomic E-state index is 13.6. The highest BCUT2D eigenvalue weighted by molar-refractivity contribution is 6.30. The fourth-order valence-electron chi connectivity index (χ4n) is 5.09. The summed E-state index contributed by atoms with van der Waals surface area (Å²) in [4.78, 5) is 18.4. The van der Waals surface area contributed by atoms with Crippen LogP contribution in [-0.2, 0) is 11.2 Å². The molecule has 1 N–H and O–H groups in total. The SMILES string of the molecule is CC(NC(=O)C1Cc2ccccc2N2CCN(c3ccc(Cl)cc3)CC12)c1ccccc1. The number of anilines is 2. The molecule has 1 amide bonds. The maximum Gasteiger partial charge on any atom is 0.226 e. The van der Waals surface area contributed by atoms with E-state index in [1.165, 1.54) is 11.3 Å². The number of carbonyl (C=O) groups excluding carboxylic acids is 1. The molecule has 32 heavy (non-hydrogen) atoms. The van der Waals surface area contributed by atoms with Gasteiger partial charge in [0.05, 0.1) is 18.0 Å². The summed E-state index contributed by atoms with van der Waals surface area (Å²) in [6.45, 7) is 4.68. The molecule has 0 radical (unpaired) electrons. The second-order valence-electron chi connectivity index (χ2n) is 8.76. The molecule has 3 unspecified atom stereocenters. The van der Waals surface area contributed by atoms with Crippen molar-refractivity contribution in [2.45, 2.75) is 25.4 Å². The van der Waals surface area contributed by atoms with Gasteiger partial charge in [0.15, 0.2) is 0 Å². The molecule has 0 aromatic heterocycles. The predicted octanol–water partition coefficient (Wildman–Crippen LogP) is 5.08. The normalized spacial score (nSPS) is 20.8. The van der Waals surface area contributed by atoms with Crippen molar-refractivity contribution in [1.29, 1.82) is 0 Å². The number of hydrogen-bond acceptors (Lipinski definition) is 3. The largest absolute Gasteiger partial charge is 0.368 e. The van der Waals surface area contributed by atoms with Gasteiger partial charge in [-0.15, -0.1) is 0 Å². The number of hydrogen-bond donors (Lipinski definition) is 1. The molecule has 1 saturated heterocycles. The minimum Gasteiger partial charge on any atom is -0.368 e. The van der Waals surface area contributed by atoms with E-state index in [1.807, 2.05) is 30.3 Å². The van der Waals surface area contributed by atoms with Crippen molar-refractivity contribution >= 4 is 28.9 Å². The molecule has 2 aliphatic rings. The van der Waals surface area contributed by atoms with E-state index < -0.39 is 0 Å². The fraction of sp³-hybridized carbons (Fsp3) is 0.296. The lowest BCUT2D eigenvalue weighted by atomic mass is 9.83. The van der Waals surface area contributed by atoms with Crippen LogP contribution in [0.2, 0.25) is 5.02 Å². The Labute approximate surface area is 194 Å². The van der Waals surface area contributed by atoms with Crippen LogP contribution in [0.15, 0.2) is 78.9 Å². The summed E-state index contributed by atoms with van der Waals surface area (Å²) >= 11 is 6.10. The Morgan fingerprint density at radius 2 is 1.69 bits per heavy atom. The number of para-hydroxylation sites is 1. The first kappa shape index (κ1) is 20.9. The van der Waals surface area contributed by atoms with Crippen molar-refractivity contribution in [2.75, 3.05) is 29.4 Å². The summed E-state index contributed by atoms with van der Waals surface area (Å²) in [7, 11) is 0. The third-order valence-corrected chi connectivity index (χ3v) is 7.06. The Morgan fingerprint density at radius 3 is 2.47 bits per heavy atom. The summed E-state index contributed by atoms with van der Waals surface area (Å²) in [6, 6.07) is 26.8. The summed E-state index contributed by atoms with van der Waals surface area (Å²) < 4.78 is 0. The van der Waals surface area contributed by atoms with Crippen molar-refractivity contribution in [3.8, 4) is 0 Å². The molecule has 2 heterocycles. The van der Waals surface area contributed by atoms with Gasteiger partial charge in [-0.05, 0) is 54.8 Å². The lowest BCUT2D eigenvalue weighted by molar-refractivity contribution is -0.126. The number of fused-ring (bicyclic) bond motifs is 3. The van der Waals surface area contributed by atoms with Crippen molar-refractivity contribution in [3.05, 3.63) is 95.0 Å². The molecule has 0 spiro atoms. The number of piperazine rings is 1. The van der Waals surface area contributed by atoms with Crippen LogP contribution in [0, 0.1) is 5.92 Å². The van der Waals surface area contributed by atoms with Crippen molar-refractivity contribution in [3.63, 3.8) is 0 Å². The van der Waals surface area contributed by atoms with Crippen molar-refractivity contribution in [1.82, 2.24) is 5.32 Å². The lowest BCUT2D eigenvalue weighted by Gasteiger charge is -2.49. The average Bonchev–Trinajstić information content (AvgIpc) is 2.84. The topological polar surface area (TPSA) is 35.6 Å². The molecule has 4 nitrogen and oxygen atoms in total. The molecule has 1 fully saturated rings. The highest BCUT2D eigenvalue weighted by atomic mass is 35.5. The fourth-order valence-corrected chi connectivity index (χ4v) is 5.22. The van der Waals surface area contributed by atoms with Gasteiger partial charge in [-0.2, -0.15) is 0 Å². The van der Waals surface area contributed by atoms with Crippen LogP contribution < -0.4 is 15.1 Å². The van der Waals surface area contributed by atoms with Gasteiger partial charge < -0.3 is 15.1 Å². The van der Waals surface area contributed by atoms with Crippen molar-refractivity contribution in [2.24, 2.45) is 5.92 Å². The molecule has 2 aliphatic heterocycles. The Morgan fingerprint density at radius 1 is 0.969 bits per heavy atom. The van der Waals surface area contributed by atoms with E-state index >= 15 is 0 Å². The molecule has 3 aromatic rings. The number of amides is 1. The zero-order chi connectivity index (χ0) is 22.1. The van der Waals surface area contributed by atoms with Crippen LogP contribution in [-0.4, -0.2) is 31.6 Å². The standard InChI is InChI=1S/C27H28ClN3O/c1-19(20-7-3-2-4-8-20)29-27(32)24-17-21-9-5-6-10-25(21)31-16-15-30(18-26(24)31)23-13-11-22(28)12-14-23/h2-14,19,24,26H,15-18H2,1H3,(H,29,32). The van der Waals surface area contributed by atoms with E-state index in [0.29, 0.717) is 0 Å². The van der Waals surface area contributed by atoms with E-state index in [-0.39, 0.29) is 23.9 Å². The molecule has 3 aromatic carbocycles. The average molecular weight is 446 g/mol. The van der Waals surface area contributed by atoms with Gasteiger partial charge in [0, 0.05) is 36.0 Å². The predicted molar refractivity (Wildman–Crippen MR) is 131 cm³/mol. The van der Waals surface area contributed by atoms with Gasteiger partial charge in [0.25, 0.3) is 0 Å². The van der Waals surface area contributed by atoms with Gasteiger partial charge in [0.2, 0.25) is 5.91 Å². The number of carbonyl (C=O) groups is 1. The summed E-state index contributed by atoms with van der Waals surface area (Å²) in [6.07, 6.45) is 0.763. The molecule has 3 atom stereocenters. The van der Waals surface area contributed by atoms with Gasteiger partial charge in [-0.3, -0.25) is 4.79 Å². The minimum absolute atomic E-state index is 0.0229. The third kappa shape index (κ3) is 4.07. The minimum atomic E-state index is -0.105. The first-order valence-corrected chi connectivity index (χ1v) is 11.7. The van der Waals surface area contributed by atoms with Crippen LogP contribution in [0.5, 0.6) is 0 Å². The Bertz CT molecular complexity index is 1090. The molecule has 0 aliphatic carbocycles. The molecular weight excluding hydrogens is 418 g/mol. The molecule has 5 rings (SSSR count). The van der Waals surface area contributed by atoms with Gasteiger partial charge in [0.1, 0.15) is 0 Å². The van der Waals surface area contributed by atoms with Crippen LogP contribution in [0.4, 0.5) is 11.4 Å². The molecule has 164 valence electrons. The Kier molecular flexibility index (Phi) is 5.79. The maximum atomic E-state index is 13.6. The van der Waals surface area contributed by atoms with Gasteiger partial charge in [-0.25, -0.2) is 0 Å². The molecular formula is C27H28ClN3O. The number of nitrogens with one attached hydrogen (secondary N) is 1. The molecule has 5 heteroatoms. The first-order valence-electron chi connectivity index (χ1n) is 11.3. The summed E-state index contributed by atoms with van der Waals surface area (Å²) in [5.74, 6) is 0.0231. The molecule has 0 saturated carbocycles. The van der Waals surface area contributed by atoms with E-state index in [0.717, 1.165) is 42.3 Å². The van der Waals surface area contributed by atoms with E-state index in [4.69, 9.17) is 11.6 Å². The smallest absolute Gasteiger partial charge is 0.226 e. The zero-order valence-electron chi connectivity index (χ0n) is 18.2. The van der Waals surface area contributed by atoms with Crippen LogP contribution >= 0.6 is 11.6 Å². The van der Waals surface area contributed by atoms with E-state index in [2.05, 4.69) is 70.6 Å². The number of benzene rings is 3. The van der Waals surface area contributed by atoms with E-state index in [9.17, 15) is 4.79 Å². The van der Waals surface area contributed by atoms with Crippen LogP contribution in [0.3, 0.4) is 0 Å². The quantitative estimate of drug-likeness (QED) is 0.608. The monoisotopic (exact) mass is 445 g/mol. The number of rotatable bonds is 4. The lowest BCUT2D eigenvalue weighted by Crippen LogP contribution is -2.61. The first-order chi connectivity index (χ1) is 15.6. The van der Waals surface area contributed by atoms with Gasteiger partial charge in [-0.1, -0.05) is 60.1 Å². The second-order valence-corrected chi connectivity index (χ2v) is 9.20. The summed E-state index contributed by atoms with van der Waals surface area (Å²) in [5, 5.41) is 4.03. The number of halogens is 1. The van der Waals surface area contributed by atoms with Crippen LogP contribution in [0.1, 0.15) is 24.1 Å². The van der Waals surface area contributed by atoms with Gasteiger partial charge >= 0.3 is 0 Å². The highest BCUT2D eigenvalue weighted by Crippen LogP contribution is 2.37. The Hall–Kier alpha value is -2.98.